The molecular weight excluding hydrogens is 368 g/mol. The van der Waals surface area contributed by atoms with Crippen molar-refractivity contribution in [1.82, 2.24) is 25.8 Å². The van der Waals surface area contributed by atoms with Crippen LogP contribution in [0, 0.1) is 5.92 Å². The van der Waals surface area contributed by atoms with Crippen LogP contribution in [0.15, 0.2) is 47.0 Å². The highest BCUT2D eigenvalue weighted by Gasteiger charge is 2.21. The average molecular weight is 388 g/mol. The number of tetrazole rings is 1. The van der Waals surface area contributed by atoms with E-state index in [1.54, 1.807) is 0 Å². The Kier molecular flexibility index (Phi) is 4.51. The maximum absolute atomic E-state index is 12.4. The van der Waals surface area contributed by atoms with E-state index in [2.05, 4.69) is 31.1 Å². The van der Waals surface area contributed by atoms with Crippen molar-refractivity contribution in [2.45, 2.75) is 32.1 Å². The number of carbonyl (C=O) groups is 1. The molecule has 5 rings (SSSR count). The predicted octanol–water partition coefficient (Wildman–Crippen LogP) is 4.19. The standard InChI is InChI=1S/C21H20N6O2/c28-21(14-4-2-1-3-5-14)22-16-9-6-13(7-10-16)19-17-12-15(20-23-26-27-24-20)8-11-18(17)25-29-19/h6-12,14H,1-5H2,(H,22,28)(H,23,24,26,27). The van der Waals surface area contributed by atoms with E-state index in [-0.39, 0.29) is 11.8 Å². The number of carbonyl (C=O) groups excluding carboxylic acids is 1. The van der Waals surface area contributed by atoms with Crippen molar-refractivity contribution < 1.29 is 9.32 Å². The Bertz CT molecular complexity index is 1130. The van der Waals surface area contributed by atoms with E-state index < -0.39 is 0 Å². The molecule has 2 N–H and O–H groups in total. The summed E-state index contributed by atoms with van der Waals surface area (Å²) in [6.45, 7) is 0. The molecule has 1 fully saturated rings. The van der Waals surface area contributed by atoms with Crippen LogP contribution in [0.1, 0.15) is 32.1 Å². The molecule has 0 aliphatic heterocycles. The van der Waals surface area contributed by atoms with E-state index in [0.717, 1.165) is 53.4 Å². The number of nitrogens with zero attached hydrogens (tertiary/aromatic N) is 4. The largest absolute Gasteiger partial charge is 0.355 e. The first-order valence-corrected chi connectivity index (χ1v) is 9.82. The first-order chi connectivity index (χ1) is 14.3. The van der Waals surface area contributed by atoms with Gasteiger partial charge in [-0.15, -0.1) is 10.2 Å². The van der Waals surface area contributed by atoms with Gasteiger partial charge in [-0.25, -0.2) is 0 Å². The Morgan fingerprint density at radius 2 is 1.83 bits per heavy atom. The molecule has 1 amide bonds. The van der Waals surface area contributed by atoms with Crippen molar-refractivity contribution in [2.75, 3.05) is 5.32 Å². The zero-order valence-electron chi connectivity index (χ0n) is 15.8. The van der Waals surface area contributed by atoms with E-state index in [1.807, 2.05) is 42.5 Å². The van der Waals surface area contributed by atoms with E-state index in [9.17, 15) is 4.79 Å². The van der Waals surface area contributed by atoms with Crippen molar-refractivity contribution in [1.29, 1.82) is 0 Å². The van der Waals surface area contributed by atoms with E-state index in [1.165, 1.54) is 6.42 Å². The van der Waals surface area contributed by atoms with Gasteiger partial charge in [0.1, 0.15) is 5.52 Å². The molecule has 4 aromatic rings. The second kappa shape index (κ2) is 7.46. The van der Waals surface area contributed by atoms with Crippen LogP contribution in [-0.4, -0.2) is 31.7 Å². The van der Waals surface area contributed by atoms with Crippen LogP contribution in [0.4, 0.5) is 5.69 Å². The van der Waals surface area contributed by atoms with Crippen LogP contribution in [0.25, 0.3) is 33.6 Å². The Balaban J connectivity index is 1.39. The van der Waals surface area contributed by atoms with Crippen molar-refractivity contribution in [3.8, 4) is 22.7 Å². The van der Waals surface area contributed by atoms with Gasteiger partial charge in [0.15, 0.2) is 5.76 Å². The van der Waals surface area contributed by atoms with Crippen molar-refractivity contribution >= 4 is 22.5 Å². The molecule has 1 aliphatic carbocycles. The summed E-state index contributed by atoms with van der Waals surface area (Å²) in [5, 5.41) is 22.1. The Hall–Kier alpha value is -3.55. The molecule has 1 aliphatic rings. The van der Waals surface area contributed by atoms with E-state index >= 15 is 0 Å². The molecule has 0 radical (unpaired) electrons. The number of nitrogens with one attached hydrogen (secondary N) is 2. The maximum Gasteiger partial charge on any atom is 0.227 e. The zero-order chi connectivity index (χ0) is 19.6. The molecule has 2 aromatic heterocycles. The van der Waals surface area contributed by atoms with Crippen LogP contribution >= 0.6 is 0 Å². The van der Waals surface area contributed by atoms with Crippen LogP contribution in [0.2, 0.25) is 0 Å². The molecule has 146 valence electrons. The first kappa shape index (κ1) is 17.5. The monoisotopic (exact) mass is 388 g/mol. The van der Waals surface area contributed by atoms with Crippen molar-refractivity contribution in [2.24, 2.45) is 5.92 Å². The highest BCUT2D eigenvalue weighted by Crippen LogP contribution is 2.32. The third kappa shape index (κ3) is 3.49. The molecule has 0 unspecified atom stereocenters. The highest BCUT2D eigenvalue weighted by atomic mass is 16.5. The molecule has 1 saturated carbocycles. The summed E-state index contributed by atoms with van der Waals surface area (Å²) in [5.41, 5.74) is 3.25. The highest BCUT2D eigenvalue weighted by molar-refractivity contribution is 5.95. The molecule has 8 heteroatoms. The Morgan fingerprint density at radius 1 is 1.03 bits per heavy atom. The summed E-state index contributed by atoms with van der Waals surface area (Å²) in [5.74, 6) is 1.42. The molecule has 8 nitrogen and oxygen atoms in total. The smallest absolute Gasteiger partial charge is 0.227 e. The molecule has 0 bridgehead atoms. The fraction of sp³-hybridized carbons (Fsp3) is 0.286. The van der Waals surface area contributed by atoms with Gasteiger partial charge in [0, 0.05) is 22.7 Å². The number of hydrogen-bond acceptors (Lipinski definition) is 6. The lowest BCUT2D eigenvalue weighted by Crippen LogP contribution is -2.24. The number of rotatable bonds is 4. The number of H-pyrrole nitrogens is 1. The molecule has 29 heavy (non-hydrogen) atoms. The number of aromatic nitrogens is 5. The third-order valence-electron chi connectivity index (χ3n) is 5.47. The van der Waals surface area contributed by atoms with Gasteiger partial charge in [-0.1, -0.05) is 24.4 Å². The Morgan fingerprint density at radius 3 is 2.59 bits per heavy atom. The average Bonchev–Trinajstić information content (AvgIpc) is 3.45. The van der Waals surface area contributed by atoms with Crippen molar-refractivity contribution in [3.05, 3.63) is 42.5 Å². The lowest BCUT2D eigenvalue weighted by atomic mass is 9.88. The van der Waals surface area contributed by atoms with Crippen LogP contribution in [-0.2, 0) is 4.79 Å². The van der Waals surface area contributed by atoms with Gasteiger partial charge in [0.05, 0.1) is 5.39 Å². The molecule has 0 spiro atoms. The van der Waals surface area contributed by atoms with Gasteiger partial charge in [-0.05, 0) is 60.5 Å². The SMILES string of the molecule is O=C(Nc1ccc(-c2onc3ccc(-c4nn[nH]n4)cc23)cc1)C1CCCCC1. The van der Waals surface area contributed by atoms with Gasteiger partial charge in [0.25, 0.3) is 0 Å². The Labute approximate surface area is 166 Å². The fourth-order valence-electron chi connectivity index (χ4n) is 3.89. The number of fused-ring (bicyclic) bond motifs is 1. The molecule has 2 aromatic carbocycles. The number of benzene rings is 2. The third-order valence-corrected chi connectivity index (χ3v) is 5.47. The predicted molar refractivity (Wildman–Crippen MR) is 108 cm³/mol. The summed E-state index contributed by atoms with van der Waals surface area (Å²) >= 11 is 0. The lowest BCUT2D eigenvalue weighted by molar-refractivity contribution is -0.120. The van der Waals surface area contributed by atoms with E-state index in [0.29, 0.717) is 11.6 Å². The summed E-state index contributed by atoms with van der Waals surface area (Å²) in [4.78, 5) is 12.4. The van der Waals surface area contributed by atoms with Gasteiger partial charge in [-0.3, -0.25) is 4.79 Å². The topological polar surface area (TPSA) is 110 Å². The number of hydrogen-bond donors (Lipinski definition) is 2. The van der Waals surface area contributed by atoms with Crippen LogP contribution < -0.4 is 5.32 Å². The lowest BCUT2D eigenvalue weighted by Gasteiger charge is -2.20. The molecule has 0 saturated heterocycles. The maximum atomic E-state index is 12.4. The second-order valence-electron chi connectivity index (χ2n) is 7.38. The molecule has 0 atom stereocenters. The minimum Gasteiger partial charge on any atom is -0.355 e. The quantitative estimate of drug-likeness (QED) is 0.542. The minimum absolute atomic E-state index is 0.118. The van der Waals surface area contributed by atoms with Gasteiger partial charge in [-0.2, -0.15) is 5.21 Å². The number of aromatic amines is 1. The zero-order valence-corrected chi connectivity index (χ0v) is 15.8. The minimum atomic E-state index is 0.118. The molecule has 2 heterocycles. The van der Waals surface area contributed by atoms with Gasteiger partial charge < -0.3 is 9.84 Å². The summed E-state index contributed by atoms with van der Waals surface area (Å²) in [6.07, 6.45) is 5.48. The summed E-state index contributed by atoms with van der Waals surface area (Å²) in [7, 11) is 0. The summed E-state index contributed by atoms with van der Waals surface area (Å²) < 4.78 is 5.59. The first-order valence-electron chi connectivity index (χ1n) is 9.82. The van der Waals surface area contributed by atoms with E-state index in [4.69, 9.17) is 4.52 Å². The second-order valence-corrected chi connectivity index (χ2v) is 7.38. The van der Waals surface area contributed by atoms with Crippen molar-refractivity contribution in [3.63, 3.8) is 0 Å². The van der Waals surface area contributed by atoms with Gasteiger partial charge in [0.2, 0.25) is 11.7 Å². The summed E-state index contributed by atoms with van der Waals surface area (Å²) in [6, 6.07) is 13.3. The molecular formula is C21H20N6O2. The van der Waals surface area contributed by atoms with Crippen LogP contribution in [0.5, 0.6) is 0 Å². The van der Waals surface area contributed by atoms with Gasteiger partial charge >= 0.3 is 0 Å². The number of amides is 1. The van der Waals surface area contributed by atoms with Crippen LogP contribution in [0.3, 0.4) is 0 Å². The fourth-order valence-corrected chi connectivity index (χ4v) is 3.89. The number of anilines is 1. The normalized spacial score (nSPS) is 14.9.